The Morgan fingerprint density at radius 3 is 2.86 bits per heavy atom. The first-order chi connectivity index (χ1) is 16.9. The maximum absolute atomic E-state index is 13.6. The molecule has 4 fully saturated rings. The number of carbonyl (C=O) groups excluding carboxylic acids is 1. The maximum atomic E-state index is 13.6. The van der Waals surface area contributed by atoms with Crippen molar-refractivity contribution in [3.05, 3.63) is 24.5 Å². The molecule has 6 rings (SSSR count). The summed E-state index contributed by atoms with van der Waals surface area (Å²) in [4.78, 5) is 18.0. The first-order valence-corrected chi connectivity index (χ1v) is 14.0. The van der Waals surface area contributed by atoms with Crippen molar-refractivity contribution in [1.82, 2.24) is 14.8 Å². The van der Waals surface area contributed by atoms with Crippen LogP contribution in [0.1, 0.15) is 71.6 Å². The van der Waals surface area contributed by atoms with Crippen LogP contribution < -0.4 is 0 Å². The Bertz CT molecular complexity index is 1080. The average molecular weight is 480 g/mol. The Balaban J connectivity index is 1.15. The first kappa shape index (κ1) is 23.6. The molecule has 4 aliphatic carbocycles. The molecule has 0 saturated heterocycles. The van der Waals surface area contributed by atoms with E-state index in [1.807, 2.05) is 23.7 Å². The summed E-state index contributed by atoms with van der Waals surface area (Å²) in [5, 5.41) is 15.6. The molecule has 35 heavy (non-hydrogen) atoms. The van der Waals surface area contributed by atoms with Crippen molar-refractivity contribution < 1.29 is 14.6 Å². The highest BCUT2D eigenvalue weighted by molar-refractivity contribution is 5.84. The van der Waals surface area contributed by atoms with E-state index >= 15 is 0 Å². The lowest BCUT2D eigenvalue weighted by molar-refractivity contribution is -0.138. The highest BCUT2D eigenvalue weighted by Crippen LogP contribution is 2.64. The lowest BCUT2D eigenvalue weighted by Crippen LogP contribution is -2.52. The van der Waals surface area contributed by atoms with Crippen LogP contribution in [0, 0.1) is 40.9 Å². The fourth-order valence-corrected chi connectivity index (χ4v) is 9.21. The summed E-state index contributed by atoms with van der Waals surface area (Å²) in [6.07, 6.45) is 13.6. The van der Waals surface area contributed by atoms with Crippen molar-refractivity contribution >= 4 is 16.8 Å². The summed E-state index contributed by atoms with van der Waals surface area (Å²) in [6, 6.07) is 3.92. The van der Waals surface area contributed by atoms with Crippen LogP contribution in [-0.2, 0) is 16.1 Å². The van der Waals surface area contributed by atoms with Gasteiger partial charge in [0.2, 0.25) is 0 Å². The van der Waals surface area contributed by atoms with Gasteiger partial charge in [-0.2, -0.15) is 5.10 Å². The van der Waals surface area contributed by atoms with Gasteiger partial charge in [-0.1, -0.05) is 6.92 Å². The van der Waals surface area contributed by atoms with Gasteiger partial charge in [0.15, 0.2) is 5.78 Å². The number of aliphatic hydroxyl groups is 1. The molecular formula is C29H41N3O3. The van der Waals surface area contributed by atoms with Crippen LogP contribution in [0.4, 0.5) is 0 Å². The summed E-state index contributed by atoms with van der Waals surface area (Å²) in [7, 11) is 0. The number of Topliss-reactive ketones (excluding diaryl/α,β-unsaturated/α-hetero) is 1. The van der Waals surface area contributed by atoms with Gasteiger partial charge in [-0.25, -0.2) is 0 Å². The number of hydrogen-bond donors (Lipinski definition) is 1. The van der Waals surface area contributed by atoms with Gasteiger partial charge in [0.05, 0.1) is 23.9 Å². The van der Waals surface area contributed by atoms with Crippen LogP contribution in [0.5, 0.6) is 0 Å². The van der Waals surface area contributed by atoms with E-state index in [2.05, 4.69) is 17.0 Å². The van der Waals surface area contributed by atoms with Crippen LogP contribution in [0.2, 0.25) is 0 Å². The fourth-order valence-electron chi connectivity index (χ4n) is 9.21. The van der Waals surface area contributed by atoms with E-state index in [4.69, 9.17) is 4.74 Å². The second-order valence-electron chi connectivity index (χ2n) is 12.4. The van der Waals surface area contributed by atoms with Gasteiger partial charge in [-0.15, -0.1) is 0 Å². The minimum atomic E-state index is -0.621. The number of rotatable bonds is 6. The number of pyridine rings is 1. The monoisotopic (exact) mass is 479 g/mol. The molecule has 6 heteroatoms. The quantitative estimate of drug-likeness (QED) is 0.628. The van der Waals surface area contributed by atoms with E-state index in [9.17, 15) is 9.90 Å². The van der Waals surface area contributed by atoms with E-state index < -0.39 is 5.60 Å². The molecule has 2 heterocycles. The van der Waals surface area contributed by atoms with Gasteiger partial charge in [-0.05, 0) is 112 Å². The van der Waals surface area contributed by atoms with Crippen molar-refractivity contribution in [2.45, 2.75) is 83.8 Å². The predicted octanol–water partition coefficient (Wildman–Crippen LogP) is 5.04. The molecule has 0 amide bonds. The minimum Gasteiger partial charge on any atom is -0.387 e. The summed E-state index contributed by atoms with van der Waals surface area (Å²) < 4.78 is 7.49. The van der Waals surface area contributed by atoms with Crippen molar-refractivity contribution in [3.63, 3.8) is 0 Å². The summed E-state index contributed by atoms with van der Waals surface area (Å²) in [6.45, 7) is 5.97. The Morgan fingerprint density at radius 2 is 2.00 bits per heavy atom. The lowest BCUT2D eigenvalue weighted by atomic mass is 9.49. The molecule has 0 spiro atoms. The minimum absolute atomic E-state index is 0.122. The van der Waals surface area contributed by atoms with Crippen molar-refractivity contribution in [2.24, 2.45) is 40.9 Å². The molecular weight excluding hydrogens is 438 g/mol. The zero-order valence-electron chi connectivity index (χ0n) is 21.4. The standard InChI is InChI=1S/C29H41N3O3/c1-3-35-18-29(34)13-11-20-19(15-29)6-7-22-21(20)10-12-28(2)23(22)8-9-24(28)27(33)17-32-26-5-4-14-30-25(26)16-31-32/h4-5,14,16,19-24,34H,3,6-13,15,17-18H2,1-2H3/t19-,20-,21+,22+,23-,24+,28-,29+/m0/s1. The largest absolute Gasteiger partial charge is 0.387 e. The van der Waals surface area contributed by atoms with Crippen LogP contribution in [-0.4, -0.2) is 44.5 Å². The second kappa shape index (κ2) is 8.95. The first-order valence-electron chi connectivity index (χ1n) is 14.0. The van der Waals surface area contributed by atoms with Crippen molar-refractivity contribution in [1.29, 1.82) is 0 Å². The normalized spacial score (nSPS) is 40.8. The van der Waals surface area contributed by atoms with Crippen LogP contribution in [0.25, 0.3) is 11.0 Å². The van der Waals surface area contributed by atoms with E-state index in [0.717, 1.165) is 54.5 Å². The molecule has 8 atom stereocenters. The zero-order valence-corrected chi connectivity index (χ0v) is 21.4. The molecule has 1 N–H and O–H groups in total. The van der Waals surface area contributed by atoms with Crippen LogP contribution in [0.3, 0.4) is 0 Å². The fraction of sp³-hybridized carbons (Fsp3) is 0.759. The highest BCUT2D eigenvalue weighted by atomic mass is 16.5. The summed E-state index contributed by atoms with van der Waals surface area (Å²) in [5.74, 6) is 4.08. The van der Waals surface area contributed by atoms with Gasteiger partial charge in [0.1, 0.15) is 12.1 Å². The van der Waals surface area contributed by atoms with E-state index in [1.165, 1.54) is 32.1 Å². The SMILES string of the molecule is CCOC[C@@]1(O)CC[C@H]2[C@@H](CC[C@@H]3[C@@H]2CC[C@]2(C)[C@@H](C(=O)Cn4ncc5ncccc54)CC[C@@H]32)C1. The van der Waals surface area contributed by atoms with E-state index in [0.29, 0.717) is 37.4 Å². The third kappa shape index (κ3) is 3.96. The highest BCUT2D eigenvalue weighted by Gasteiger charge is 2.59. The number of aromatic nitrogens is 3. The van der Waals surface area contributed by atoms with Gasteiger partial charge in [0, 0.05) is 18.7 Å². The average Bonchev–Trinajstić information content (AvgIpc) is 3.43. The molecule has 6 nitrogen and oxygen atoms in total. The third-order valence-corrected chi connectivity index (χ3v) is 10.8. The molecule has 0 bridgehead atoms. The second-order valence-corrected chi connectivity index (χ2v) is 12.4. The molecule has 0 aromatic carbocycles. The molecule has 0 radical (unpaired) electrons. The third-order valence-electron chi connectivity index (χ3n) is 10.8. The van der Waals surface area contributed by atoms with E-state index in [-0.39, 0.29) is 11.3 Å². The van der Waals surface area contributed by atoms with Crippen molar-refractivity contribution in [2.75, 3.05) is 13.2 Å². The summed E-state index contributed by atoms with van der Waals surface area (Å²) >= 11 is 0. The number of fused-ring (bicyclic) bond motifs is 6. The summed E-state index contributed by atoms with van der Waals surface area (Å²) in [5.41, 5.74) is 1.30. The Labute approximate surface area is 208 Å². The molecule has 0 aliphatic heterocycles. The molecule has 2 aromatic heterocycles. The molecule has 4 saturated carbocycles. The Kier molecular flexibility index (Phi) is 6.03. The number of ether oxygens (including phenoxy) is 1. The molecule has 2 aromatic rings. The van der Waals surface area contributed by atoms with Crippen molar-refractivity contribution in [3.8, 4) is 0 Å². The maximum Gasteiger partial charge on any atom is 0.157 e. The molecule has 4 aliphatic rings. The van der Waals surface area contributed by atoms with Crippen LogP contribution >= 0.6 is 0 Å². The predicted molar refractivity (Wildman–Crippen MR) is 135 cm³/mol. The Morgan fingerprint density at radius 1 is 1.14 bits per heavy atom. The molecule has 0 unspecified atom stereocenters. The number of ketones is 1. The number of hydrogen-bond acceptors (Lipinski definition) is 5. The zero-order chi connectivity index (χ0) is 24.2. The smallest absolute Gasteiger partial charge is 0.157 e. The van der Waals surface area contributed by atoms with Gasteiger partial charge >= 0.3 is 0 Å². The Hall–Kier alpha value is -1.79. The molecule has 190 valence electrons. The van der Waals surface area contributed by atoms with Crippen LogP contribution in [0.15, 0.2) is 24.5 Å². The number of nitrogens with zero attached hydrogens (tertiary/aromatic N) is 3. The van der Waals surface area contributed by atoms with Gasteiger partial charge in [0.25, 0.3) is 0 Å². The van der Waals surface area contributed by atoms with Gasteiger partial charge in [-0.3, -0.25) is 14.5 Å². The van der Waals surface area contributed by atoms with E-state index in [1.54, 1.807) is 12.4 Å². The topological polar surface area (TPSA) is 77.2 Å². The number of carbonyl (C=O) groups is 1. The van der Waals surface area contributed by atoms with Gasteiger partial charge < -0.3 is 9.84 Å². The lowest BCUT2D eigenvalue weighted by Gasteiger charge is -2.57.